The van der Waals surface area contributed by atoms with Gasteiger partial charge in [-0.1, -0.05) is 41.4 Å². The van der Waals surface area contributed by atoms with Crippen LogP contribution >= 0.6 is 23.2 Å². The molecule has 6 nitrogen and oxygen atoms in total. The number of anilines is 1. The van der Waals surface area contributed by atoms with Crippen molar-refractivity contribution in [2.75, 3.05) is 44.2 Å². The SMILES string of the molecule is Cc1cc(F)ccc1[C@H]1CCN(S(=O)(=O)c2cccc(Cl)c2)C[C@H]1C(=O)N1CCN(c2cc(Cl)ccc2C)CC1. The van der Waals surface area contributed by atoms with Crippen LogP contribution < -0.4 is 4.90 Å². The van der Waals surface area contributed by atoms with Crippen LogP contribution in [0.2, 0.25) is 10.0 Å². The van der Waals surface area contributed by atoms with Crippen molar-refractivity contribution in [3.63, 3.8) is 0 Å². The third-order valence-electron chi connectivity index (χ3n) is 8.06. The Morgan fingerprint density at radius 2 is 1.60 bits per heavy atom. The van der Waals surface area contributed by atoms with E-state index >= 15 is 0 Å². The van der Waals surface area contributed by atoms with Crippen LogP contribution in [-0.4, -0.2) is 62.8 Å². The highest BCUT2D eigenvalue weighted by molar-refractivity contribution is 7.89. The number of carbonyl (C=O) groups excluding carboxylic acids is 1. The molecule has 0 aliphatic carbocycles. The number of carbonyl (C=O) groups is 1. The second-order valence-electron chi connectivity index (χ2n) is 10.6. The molecule has 2 aliphatic heterocycles. The zero-order valence-electron chi connectivity index (χ0n) is 22.5. The van der Waals surface area contributed by atoms with Gasteiger partial charge >= 0.3 is 0 Å². The van der Waals surface area contributed by atoms with Gasteiger partial charge in [-0.25, -0.2) is 12.8 Å². The number of hydrogen-bond acceptors (Lipinski definition) is 4. The zero-order chi connectivity index (χ0) is 28.6. The first-order valence-corrected chi connectivity index (χ1v) is 15.6. The number of amides is 1. The van der Waals surface area contributed by atoms with Crippen LogP contribution in [0.25, 0.3) is 0 Å². The van der Waals surface area contributed by atoms with Gasteiger partial charge in [0.2, 0.25) is 15.9 Å². The van der Waals surface area contributed by atoms with Crippen LogP contribution in [0.5, 0.6) is 0 Å². The smallest absolute Gasteiger partial charge is 0.243 e. The first kappa shape index (κ1) is 28.9. The minimum Gasteiger partial charge on any atom is -0.368 e. The molecule has 0 N–H and O–H groups in total. The highest BCUT2D eigenvalue weighted by atomic mass is 35.5. The maximum absolute atomic E-state index is 14.1. The summed E-state index contributed by atoms with van der Waals surface area (Å²) in [4.78, 5) is 18.3. The molecule has 2 saturated heterocycles. The van der Waals surface area contributed by atoms with Gasteiger partial charge in [-0.15, -0.1) is 0 Å². The van der Waals surface area contributed by atoms with Gasteiger partial charge in [-0.3, -0.25) is 4.79 Å². The monoisotopic (exact) mass is 603 g/mol. The van der Waals surface area contributed by atoms with Crippen LogP contribution in [0.1, 0.15) is 29.0 Å². The Bertz CT molecular complexity index is 1530. The Balaban J connectivity index is 1.40. The number of benzene rings is 3. The van der Waals surface area contributed by atoms with E-state index in [1.165, 1.54) is 28.6 Å². The van der Waals surface area contributed by atoms with Gasteiger partial charge in [0.1, 0.15) is 5.82 Å². The van der Waals surface area contributed by atoms with Crippen molar-refractivity contribution >= 4 is 44.8 Å². The molecule has 10 heteroatoms. The van der Waals surface area contributed by atoms with E-state index < -0.39 is 15.9 Å². The molecule has 5 rings (SSSR count). The molecule has 0 bridgehead atoms. The number of piperidine rings is 1. The van der Waals surface area contributed by atoms with Crippen molar-refractivity contribution in [3.05, 3.63) is 93.2 Å². The summed E-state index contributed by atoms with van der Waals surface area (Å²) < 4.78 is 42.5. The van der Waals surface area contributed by atoms with Crippen molar-refractivity contribution in [2.24, 2.45) is 5.92 Å². The number of nitrogens with zero attached hydrogens (tertiary/aromatic N) is 3. The standard InChI is InChI=1S/C30H32Cl2FN3O3S/c1-20-6-7-23(32)18-29(20)34-12-14-35(15-13-34)30(37)28-19-36(40(38,39)25-5-3-4-22(31)17-25)11-10-27(28)26-9-8-24(33)16-21(26)2/h3-9,16-18,27-28H,10-15,19H2,1-2H3/t27-,28-/m1/s1. The summed E-state index contributed by atoms with van der Waals surface area (Å²) in [5.41, 5.74) is 3.81. The minimum absolute atomic E-state index is 0.0444. The Kier molecular flexibility index (Phi) is 8.43. The van der Waals surface area contributed by atoms with E-state index in [-0.39, 0.29) is 35.6 Å². The van der Waals surface area contributed by atoms with E-state index in [1.807, 2.05) is 36.9 Å². The summed E-state index contributed by atoms with van der Waals surface area (Å²) in [6.45, 7) is 6.48. The second-order valence-corrected chi connectivity index (χ2v) is 13.4. The molecule has 2 heterocycles. The van der Waals surface area contributed by atoms with E-state index in [9.17, 15) is 17.6 Å². The first-order chi connectivity index (χ1) is 19.0. The molecule has 2 fully saturated rings. The third kappa shape index (κ3) is 5.86. The summed E-state index contributed by atoms with van der Waals surface area (Å²) >= 11 is 12.3. The molecular formula is C30H32Cl2FN3O3S. The number of rotatable bonds is 5. The number of aryl methyl sites for hydroxylation is 2. The largest absolute Gasteiger partial charge is 0.368 e. The van der Waals surface area contributed by atoms with Gasteiger partial charge in [-0.05, 0) is 85.3 Å². The average Bonchev–Trinajstić information content (AvgIpc) is 2.94. The molecule has 2 atom stereocenters. The molecule has 0 radical (unpaired) electrons. The molecule has 0 spiro atoms. The zero-order valence-corrected chi connectivity index (χ0v) is 24.8. The molecular weight excluding hydrogens is 572 g/mol. The van der Waals surface area contributed by atoms with E-state index in [2.05, 4.69) is 4.90 Å². The molecule has 0 unspecified atom stereocenters. The number of halogens is 3. The average molecular weight is 605 g/mol. The van der Waals surface area contributed by atoms with E-state index in [0.29, 0.717) is 42.6 Å². The summed E-state index contributed by atoms with van der Waals surface area (Å²) in [5, 5.41) is 0.998. The van der Waals surface area contributed by atoms with Crippen LogP contribution in [0, 0.1) is 25.6 Å². The Morgan fingerprint density at radius 1 is 0.875 bits per heavy atom. The van der Waals surface area contributed by atoms with Gasteiger partial charge < -0.3 is 9.80 Å². The van der Waals surface area contributed by atoms with Gasteiger partial charge in [0.25, 0.3) is 0 Å². The molecule has 1 amide bonds. The fourth-order valence-electron chi connectivity index (χ4n) is 5.92. The molecule has 0 saturated carbocycles. The van der Waals surface area contributed by atoms with E-state index in [4.69, 9.17) is 23.2 Å². The van der Waals surface area contributed by atoms with E-state index in [0.717, 1.165) is 22.4 Å². The van der Waals surface area contributed by atoms with Crippen molar-refractivity contribution in [2.45, 2.75) is 31.1 Å². The lowest BCUT2D eigenvalue weighted by Crippen LogP contribution is -2.54. The van der Waals surface area contributed by atoms with Crippen LogP contribution in [-0.2, 0) is 14.8 Å². The maximum Gasteiger partial charge on any atom is 0.243 e. The maximum atomic E-state index is 14.1. The van der Waals surface area contributed by atoms with Crippen molar-refractivity contribution in [1.29, 1.82) is 0 Å². The molecule has 3 aromatic carbocycles. The number of hydrogen-bond donors (Lipinski definition) is 0. The Morgan fingerprint density at radius 3 is 2.30 bits per heavy atom. The van der Waals surface area contributed by atoms with Gasteiger partial charge in [-0.2, -0.15) is 4.31 Å². The van der Waals surface area contributed by atoms with Gasteiger partial charge in [0.05, 0.1) is 10.8 Å². The highest BCUT2D eigenvalue weighted by Gasteiger charge is 2.42. The fraction of sp³-hybridized carbons (Fsp3) is 0.367. The lowest BCUT2D eigenvalue weighted by atomic mass is 9.78. The van der Waals surface area contributed by atoms with Crippen LogP contribution in [0.3, 0.4) is 0 Å². The van der Waals surface area contributed by atoms with Gasteiger partial charge in [0.15, 0.2) is 0 Å². The molecule has 40 heavy (non-hydrogen) atoms. The normalized spacial score (nSPS) is 20.5. The van der Waals surface area contributed by atoms with E-state index in [1.54, 1.807) is 18.2 Å². The lowest BCUT2D eigenvalue weighted by molar-refractivity contribution is -0.137. The Hall–Kier alpha value is -2.65. The minimum atomic E-state index is -3.86. The molecule has 2 aliphatic rings. The predicted molar refractivity (Wildman–Crippen MR) is 157 cm³/mol. The predicted octanol–water partition coefficient (Wildman–Crippen LogP) is 5.89. The van der Waals surface area contributed by atoms with Crippen LogP contribution in [0.4, 0.5) is 10.1 Å². The summed E-state index contributed by atoms with van der Waals surface area (Å²) in [6.07, 6.45) is 0.449. The summed E-state index contributed by atoms with van der Waals surface area (Å²) in [7, 11) is -3.86. The van der Waals surface area contributed by atoms with Gasteiger partial charge in [0, 0.05) is 55.0 Å². The van der Waals surface area contributed by atoms with Crippen LogP contribution in [0.15, 0.2) is 65.6 Å². The van der Waals surface area contributed by atoms with Crippen molar-refractivity contribution in [1.82, 2.24) is 9.21 Å². The second kappa shape index (κ2) is 11.7. The number of sulfonamides is 1. The highest BCUT2D eigenvalue weighted by Crippen LogP contribution is 2.38. The molecule has 212 valence electrons. The Labute approximate surface area is 245 Å². The molecule has 3 aromatic rings. The molecule has 0 aromatic heterocycles. The third-order valence-corrected chi connectivity index (χ3v) is 10.4. The lowest BCUT2D eigenvalue weighted by Gasteiger charge is -2.42. The summed E-state index contributed by atoms with van der Waals surface area (Å²) in [6, 6.07) is 16.6. The van der Waals surface area contributed by atoms with Crippen molar-refractivity contribution < 1.29 is 17.6 Å². The van der Waals surface area contributed by atoms with Crippen molar-refractivity contribution in [3.8, 4) is 0 Å². The number of piperazine rings is 1. The topological polar surface area (TPSA) is 60.9 Å². The first-order valence-electron chi connectivity index (χ1n) is 13.4. The quantitative estimate of drug-likeness (QED) is 0.365. The fourth-order valence-corrected chi connectivity index (χ4v) is 7.87. The summed E-state index contributed by atoms with van der Waals surface area (Å²) in [5.74, 6) is -1.25.